The molecular formula is C95H101BBr6N22O12S3. The summed E-state index contributed by atoms with van der Waals surface area (Å²) in [6.45, 7) is 17.7. The number of nitrogens with two attached hydrogens (primary N) is 2. The molecule has 0 atom stereocenters. The zero-order valence-electron chi connectivity index (χ0n) is 76.7. The molecule has 0 saturated carbocycles. The largest absolute Gasteiger partial charge is 0.508 e. The van der Waals surface area contributed by atoms with Gasteiger partial charge in [0, 0.05) is 77.5 Å². The number of anilines is 6. The number of benzene rings is 11. The number of aromatic nitrogens is 12. The van der Waals surface area contributed by atoms with Crippen LogP contribution in [-0.2, 0) is 30.1 Å². The van der Waals surface area contributed by atoms with Crippen molar-refractivity contribution in [1.82, 2.24) is 89.6 Å². The van der Waals surface area contributed by atoms with Crippen LogP contribution in [0.5, 0.6) is 23.0 Å². The molecular weight excluding hydrogens is 2230 g/mol. The number of hydrogen-bond donors (Lipinski definition) is 10. The number of fused-ring (bicyclic) bond motifs is 4. The number of rotatable bonds is 26. The third-order valence-corrected chi connectivity index (χ3v) is 30.6. The number of phenols is 1. The maximum Gasteiger partial charge on any atom is 0.489 e. The van der Waals surface area contributed by atoms with Crippen LogP contribution in [-0.4, -0.2) is 223 Å². The molecule has 726 valence electrons. The van der Waals surface area contributed by atoms with Crippen LogP contribution in [0.25, 0.3) is 77.5 Å². The van der Waals surface area contributed by atoms with E-state index < -0.39 is 37.2 Å². The van der Waals surface area contributed by atoms with Gasteiger partial charge in [0.25, 0.3) is 0 Å². The Balaban J connectivity index is 0.000000148. The Morgan fingerprint density at radius 2 is 0.676 bits per heavy atom. The lowest BCUT2D eigenvalue weighted by Crippen LogP contribution is -2.33. The van der Waals surface area contributed by atoms with Gasteiger partial charge in [-0.2, -0.15) is 0 Å². The molecule has 0 bridgehead atoms. The quantitative estimate of drug-likeness (QED) is 0.0225. The van der Waals surface area contributed by atoms with Gasteiger partial charge in [0.15, 0.2) is 0 Å². The maximum absolute atomic E-state index is 12.7. The average Bonchev–Trinajstić information content (AvgIpc) is 1.59. The lowest BCUT2D eigenvalue weighted by Gasteiger charge is -2.15. The SMILES string of the molecule is COc1ccc(Br)c(-c2cc(C)c3nc(N)nnc3c2)c1.COc1ccc(Br)c(-c2cc(C)c3nc(Nc4ccc(S(=O)(=O)NCCN5CCCC5)cc4)nnc3c2)c1.COc1ccc(Br)c(B(O)O)c1.Cc1cc(-c2cc(O)ccc2Br)cc2nnc(Nc3ccc(S(=O)(=O)NCCN4CCCC4)cc3)nc12.Cc1cc(Br)cc2nnc(N)nc12.O=S(=O)(NCCN1CCCC1)c1ccc(Br)cc1. The first kappa shape index (κ1) is 106. The molecule has 0 amide bonds. The number of phenolic OH excluding ortho intramolecular Hbond substituents is 1. The average molecular weight is 2330 g/mol. The van der Waals surface area contributed by atoms with E-state index in [9.17, 15) is 30.4 Å². The smallest absolute Gasteiger partial charge is 0.489 e. The molecule has 44 heteroatoms. The van der Waals surface area contributed by atoms with E-state index in [0.717, 1.165) is 170 Å². The number of aryl methyl sites for hydroxylation is 4. The maximum atomic E-state index is 12.7. The van der Waals surface area contributed by atoms with Crippen LogP contribution in [0.15, 0.2) is 236 Å². The molecule has 0 unspecified atom stereocenters. The van der Waals surface area contributed by atoms with Crippen LogP contribution >= 0.6 is 95.6 Å². The zero-order chi connectivity index (χ0) is 99.2. The number of hydrogen-bond acceptors (Lipinski definition) is 31. The third-order valence-electron chi connectivity index (χ3n) is 22.4. The summed E-state index contributed by atoms with van der Waals surface area (Å²) in [4.78, 5) is 25.2. The summed E-state index contributed by atoms with van der Waals surface area (Å²) < 4.78 is 103. The van der Waals surface area contributed by atoms with Crippen molar-refractivity contribution >= 4 is 218 Å². The van der Waals surface area contributed by atoms with Gasteiger partial charge in [0.2, 0.25) is 53.9 Å². The minimum absolute atomic E-state index is 0.177. The number of nitrogens with zero attached hydrogens (tertiary/aromatic N) is 15. The number of nitrogens with one attached hydrogen (secondary N) is 5. The molecule has 11 aromatic carbocycles. The zero-order valence-corrected chi connectivity index (χ0v) is 88.6. The van der Waals surface area contributed by atoms with Crippen LogP contribution in [0.4, 0.5) is 35.2 Å². The Morgan fingerprint density at radius 1 is 0.360 bits per heavy atom. The van der Waals surface area contributed by atoms with Gasteiger partial charge in [-0.25, -0.2) is 59.4 Å². The lowest BCUT2D eigenvalue weighted by molar-refractivity contribution is 0.344. The summed E-state index contributed by atoms with van der Waals surface area (Å²) >= 11 is 20.6. The molecule has 12 N–H and O–H groups in total. The molecule has 4 aromatic heterocycles. The van der Waals surface area contributed by atoms with Gasteiger partial charge in [0.05, 0.1) is 58.1 Å². The fourth-order valence-electron chi connectivity index (χ4n) is 15.3. The second-order valence-corrected chi connectivity index (χ2v) is 42.9. The highest BCUT2D eigenvalue weighted by Crippen LogP contribution is 2.39. The van der Waals surface area contributed by atoms with Crippen LogP contribution in [0, 0.1) is 27.7 Å². The number of aromatic hydroxyl groups is 1. The summed E-state index contributed by atoms with van der Waals surface area (Å²) in [5, 5.41) is 66.6. The summed E-state index contributed by atoms with van der Waals surface area (Å²) in [5.41, 5.74) is 28.1. The van der Waals surface area contributed by atoms with E-state index in [-0.39, 0.29) is 27.4 Å². The van der Waals surface area contributed by atoms with Crippen LogP contribution in [0.3, 0.4) is 0 Å². The Labute approximate surface area is 856 Å². The standard InChI is InChI=1S/C27H29BrN6O3S.C26H27BrN6O3S.C15H13BrN4O.C12H17BrN2O2S.C8H7BrN4.C7H8BBrO3/c1-18-15-19(23-17-21(37-2)7-10-24(23)28)16-25-26(18)31-27(33-32-25)30-20-5-8-22(9-6-20)38(35,36)29-11-14-34-12-3-4-13-34;1-17-14-18(22-16-20(34)6-9-23(22)27)15-24-25(17)30-26(32-31-24)29-19-4-7-21(8-5-19)37(35,36)28-10-13-33-11-2-3-12-33;1-8-5-9(6-13-14(8)18-15(17)20-19-13)11-7-10(21-2)3-4-12(11)16;13-11-3-5-12(6-4-11)18(16,17)14-7-10-15-8-1-2-9-15;1-4-2-5(9)3-6-7(4)11-8(10)13-12-6;1-12-5-2-3-7(9)6(4-5)8(10)11/h5-10,15-17,29H,3-4,11-14H2,1-2H3,(H,30,31,33);4-9,14-16,28,34H,2-3,10-13H2,1H3,(H,29,30,32);3-7H,1-2H3,(H2,17,18,20);3-6,14H,1-2,7-10H2;2-3H,1H3,(H2,10,11,13);2-4,10-11H,1H3. The van der Waals surface area contributed by atoms with Crippen molar-refractivity contribution in [2.45, 2.75) is 80.9 Å². The number of halogens is 6. The molecule has 3 aliphatic rings. The molecule has 0 radical (unpaired) electrons. The van der Waals surface area contributed by atoms with Crippen molar-refractivity contribution in [2.24, 2.45) is 0 Å². The molecule has 3 aliphatic heterocycles. The summed E-state index contributed by atoms with van der Waals surface area (Å²) in [5.74, 6) is 3.36. The lowest BCUT2D eigenvalue weighted by atomic mass is 9.80. The molecule has 3 saturated heterocycles. The normalized spacial score (nSPS) is 13.4. The summed E-state index contributed by atoms with van der Waals surface area (Å²) in [7, 11) is -7.17. The van der Waals surface area contributed by atoms with Crippen molar-refractivity contribution in [3.8, 4) is 56.4 Å². The van der Waals surface area contributed by atoms with Crippen LogP contribution < -0.4 is 55.9 Å². The van der Waals surface area contributed by atoms with E-state index in [1.807, 2.05) is 100 Å². The van der Waals surface area contributed by atoms with E-state index in [1.54, 1.807) is 123 Å². The van der Waals surface area contributed by atoms with Gasteiger partial charge in [-0.15, -0.1) is 40.8 Å². The summed E-state index contributed by atoms with van der Waals surface area (Å²) in [6, 6.07) is 57.1. The molecule has 0 aliphatic carbocycles. The van der Waals surface area contributed by atoms with E-state index in [0.29, 0.717) is 85.6 Å². The molecule has 15 aromatic rings. The molecule has 7 heterocycles. The minimum Gasteiger partial charge on any atom is -0.508 e. The topological polar surface area (TPSA) is 467 Å². The molecule has 139 heavy (non-hydrogen) atoms. The second-order valence-electron chi connectivity index (χ2n) is 32.4. The van der Waals surface area contributed by atoms with Gasteiger partial charge in [0.1, 0.15) is 45.1 Å². The predicted molar refractivity (Wildman–Crippen MR) is 566 cm³/mol. The van der Waals surface area contributed by atoms with Crippen molar-refractivity contribution < 1.29 is 54.6 Å². The van der Waals surface area contributed by atoms with Gasteiger partial charge in [-0.05, 0) is 361 Å². The first-order valence-corrected chi connectivity index (χ1v) is 53.1. The van der Waals surface area contributed by atoms with Gasteiger partial charge < -0.3 is 66.2 Å². The first-order valence-electron chi connectivity index (χ1n) is 43.9. The van der Waals surface area contributed by atoms with Gasteiger partial charge in [-0.1, -0.05) is 95.6 Å². The highest BCUT2D eigenvalue weighted by atomic mass is 79.9. The van der Waals surface area contributed by atoms with Crippen molar-refractivity contribution in [2.75, 3.05) is 122 Å². The monoisotopic (exact) mass is 2320 g/mol. The summed E-state index contributed by atoms with van der Waals surface area (Å²) in [6.07, 6.45) is 7.16. The van der Waals surface area contributed by atoms with Crippen LogP contribution in [0.1, 0.15) is 60.8 Å². The second kappa shape index (κ2) is 49.2. The highest BCUT2D eigenvalue weighted by Gasteiger charge is 2.24. The fraction of sp³-hybridized carbons (Fsp3) is 0.263. The Hall–Kier alpha value is -10.6. The molecule has 18 rings (SSSR count). The number of nitrogen functional groups attached to an aromatic ring is 2. The number of likely N-dealkylation sites (tertiary alicyclic amines) is 3. The Bertz CT molecular complexity index is 7230. The van der Waals surface area contributed by atoms with E-state index in [1.165, 1.54) is 45.6 Å². The number of sulfonamides is 3. The molecule has 34 nitrogen and oxygen atoms in total. The minimum atomic E-state index is -3.58. The fourth-order valence-corrected chi connectivity index (χ4v) is 21.0. The third kappa shape index (κ3) is 29.3. The predicted octanol–water partition coefficient (Wildman–Crippen LogP) is 16.5. The Kier molecular flexibility index (Phi) is 37.4. The van der Waals surface area contributed by atoms with Gasteiger partial charge in [-0.3, -0.25) is 0 Å². The molecule has 0 spiro atoms. The highest BCUT2D eigenvalue weighted by molar-refractivity contribution is 9.11. The number of methoxy groups -OCH3 is 3. The van der Waals surface area contributed by atoms with E-state index >= 15 is 0 Å². The van der Waals surface area contributed by atoms with Gasteiger partial charge >= 0.3 is 7.12 Å². The first-order chi connectivity index (χ1) is 66.6. The van der Waals surface area contributed by atoms with E-state index in [2.05, 4.69) is 208 Å². The van der Waals surface area contributed by atoms with E-state index in [4.69, 9.17) is 35.7 Å². The van der Waals surface area contributed by atoms with Crippen molar-refractivity contribution in [3.05, 3.63) is 243 Å². The molecule has 3 fully saturated rings. The number of ether oxygens (including phenoxy) is 3. The van der Waals surface area contributed by atoms with Crippen LogP contribution in [0.2, 0.25) is 0 Å². The van der Waals surface area contributed by atoms with Crippen molar-refractivity contribution in [3.63, 3.8) is 0 Å². The van der Waals surface area contributed by atoms with Crippen molar-refractivity contribution in [1.29, 1.82) is 0 Å². The Morgan fingerprint density at radius 3 is 1.04 bits per heavy atom.